The zero-order valence-corrected chi connectivity index (χ0v) is 11.9. The maximum absolute atomic E-state index is 11.8. The van der Waals surface area contributed by atoms with Crippen molar-refractivity contribution in [1.29, 1.82) is 0 Å². The number of carbonyl (C=O) groups excluding carboxylic acids is 1. The monoisotopic (exact) mass is 258 g/mol. The Morgan fingerprint density at radius 2 is 2.24 bits per heavy atom. The second-order valence-corrected chi connectivity index (χ2v) is 6.42. The molecule has 17 heavy (non-hydrogen) atoms. The third-order valence-electron chi connectivity index (χ3n) is 3.31. The molecule has 0 spiro atoms. The predicted octanol–water partition coefficient (Wildman–Crippen LogP) is 2.29. The van der Waals surface area contributed by atoms with Crippen LogP contribution in [-0.4, -0.2) is 29.0 Å². The molecule has 1 saturated carbocycles. The highest BCUT2D eigenvalue weighted by molar-refractivity contribution is 7.99. The number of nitrogens with two attached hydrogens (primary N) is 1. The molecule has 1 fully saturated rings. The molecule has 3 nitrogen and oxygen atoms in total. The largest absolute Gasteiger partial charge is 0.352 e. The minimum atomic E-state index is -0.320. The van der Waals surface area contributed by atoms with Crippen molar-refractivity contribution in [2.24, 2.45) is 5.73 Å². The number of amides is 1. The lowest BCUT2D eigenvalue weighted by Crippen LogP contribution is -2.47. The molecule has 0 aromatic carbocycles. The Morgan fingerprint density at radius 3 is 2.88 bits per heavy atom. The van der Waals surface area contributed by atoms with Gasteiger partial charge in [0, 0.05) is 11.3 Å². The van der Waals surface area contributed by atoms with Crippen molar-refractivity contribution in [2.75, 3.05) is 5.75 Å². The Kier molecular flexibility index (Phi) is 6.97. The maximum atomic E-state index is 11.8. The summed E-state index contributed by atoms with van der Waals surface area (Å²) < 4.78 is 0. The SMILES string of the molecule is CCCC(N)C(=O)NC1CCCC(SCC)C1. The Hall–Kier alpha value is -0.220. The predicted molar refractivity (Wildman–Crippen MR) is 75.2 cm³/mol. The van der Waals surface area contributed by atoms with E-state index in [9.17, 15) is 4.79 Å². The Labute approximate surface area is 109 Å². The average molecular weight is 258 g/mol. The van der Waals surface area contributed by atoms with Crippen molar-refractivity contribution in [1.82, 2.24) is 5.32 Å². The normalized spacial score (nSPS) is 26.5. The van der Waals surface area contributed by atoms with Crippen LogP contribution in [0.15, 0.2) is 0 Å². The molecule has 100 valence electrons. The van der Waals surface area contributed by atoms with Gasteiger partial charge in [0.1, 0.15) is 0 Å². The molecule has 1 aliphatic rings. The van der Waals surface area contributed by atoms with E-state index >= 15 is 0 Å². The quantitative estimate of drug-likeness (QED) is 0.768. The van der Waals surface area contributed by atoms with Crippen molar-refractivity contribution < 1.29 is 4.79 Å². The highest BCUT2D eigenvalue weighted by Gasteiger charge is 2.24. The van der Waals surface area contributed by atoms with Crippen LogP contribution in [0.5, 0.6) is 0 Å². The molecule has 0 bridgehead atoms. The maximum Gasteiger partial charge on any atom is 0.237 e. The van der Waals surface area contributed by atoms with Gasteiger partial charge in [0.25, 0.3) is 0 Å². The molecule has 0 radical (unpaired) electrons. The molecule has 0 heterocycles. The summed E-state index contributed by atoms with van der Waals surface area (Å²) in [5, 5.41) is 3.84. The second kappa shape index (κ2) is 7.98. The Balaban J connectivity index is 2.32. The van der Waals surface area contributed by atoms with Gasteiger partial charge in [-0.1, -0.05) is 26.7 Å². The molecule has 0 saturated heterocycles. The first-order valence-electron chi connectivity index (χ1n) is 6.84. The number of carbonyl (C=O) groups is 1. The Bertz CT molecular complexity index is 233. The minimum absolute atomic E-state index is 0.0407. The van der Waals surface area contributed by atoms with E-state index < -0.39 is 0 Å². The highest BCUT2D eigenvalue weighted by atomic mass is 32.2. The number of nitrogens with one attached hydrogen (secondary N) is 1. The van der Waals surface area contributed by atoms with E-state index in [1.807, 2.05) is 11.8 Å². The van der Waals surface area contributed by atoms with E-state index in [4.69, 9.17) is 5.73 Å². The average Bonchev–Trinajstić information content (AvgIpc) is 2.30. The molecule has 3 atom stereocenters. The van der Waals surface area contributed by atoms with Crippen molar-refractivity contribution in [2.45, 2.75) is 69.7 Å². The summed E-state index contributed by atoms with van der Waals surface area (Å²) >= 11 is 2.02. The molecule has 1 aliphatic carbocycles. The minimum Gasteiger partial charge on any atom is -0.352 e. The molecule has 3 N–H and O–H groups in total. The molecule has 1 rings (SSSR count). The lowest BCUT2D eigenvalue weighted by Gasteiger charge is -2.30. The fourth-order valence-corrected chi connectivity index (χ4v) is 3.59. The summed E-state index contributed by atoms with van der Waals surface area (Å²) in [6.07, 6.45) is 6.51. The van der Waals surface area contributed by atoms with Gasteiger partial charge in [0.05, 0.1) is 6.04 Å². The smallest absolute Gasteiger partial charge is 0.237 e. The molecule has 1 amide bonds. The van der Waals surface area contributed by atoms with E-state index in [0.717, 1.165) is 30.9 Å². The summed E-state index contributed by atoms with van der Waals surface area (Å²) in [4.78, 5) is 11.8. The van der Waals surface area contributed by atoms with Crippen LogP contribution in [-0.2, 0) is 4.79 Å². The van der Waals surface area contributed by atoms with Gasteiger partial charge in [0.15, 0.2) is 0 Å². The summed E-state index contributed by atoms with van der Waals surface area (Å²) in [6.45, 7) is 4.26. The van der Waals surface area contributed by atoms with Crippen LogP contribution >= 0.6 is 11.8 Å². The van der Waals surface area contributed by atoms with Gasteiger partial charge in [-0.25, -0.2) is 0 Å². The summed E-state index contributed by atoms with van der Waals surface area (Å²) in [5.41, 5.74) is 5.82. The first-order valence-corrected chi connectivity index (χ1v) is 7.89. The van der Waals surface area contributed by atoms with Crippen LogP contribution in [0.4, 0.5) is 0 Å². The van der Waals surface area contributed by atoms with Gasteiger partial charge in [-0.2, -0.15) is 11.8 Å². The van der Waals surface area contributed by atoms with Gasteiger partial charge in [-0.15, -0.1) is 0 Å². The number of rotatable bonds is 6. The number of hydrogen-bond donors (Lipinski definition) is 2. The van der Waals surface area contributed by atoms with Gasteiger partial charge in [-0.3, -0.25) is 4.79 Å². The fourth-order valence-electron chi connectivity index (χ4n) is 2.41. The van der Waals surface area contributed by atoms with E-state index in [0.29, 0.717) is 6.04 Å². The van der Waals surface area contributed by atoms with Crippen LogP contribution in [0.1, 0.15) is 52.4 Å². The topological polar surface area (TPSA) is 55.1 Å². The molecular formula is C13H26N2OS. The molecule has 0 aromatic rings. The summed E-state index contributed by atoms with van der Waals surface area (Å²) in [6, 6.07) is 0.0300. The van der Waals surface area contributed by atoms with Gasteiger partial charge in [0.2, 0.25) is 5.91 Å². The molecular weight excluding hydrogens is 232 g/mol. The van der Waals surface area contributed by atoms with Gasteiger partial charge < -0.3 is 11.1 Å². The van der Waals surface area contributed by atoms with Crippen molar-refractivity contribution >= 4 is 17.7 Å². The molecule has 0 aliphatic heterocycles. The van der Waals surface area contributed by atoms with Crippen LogP contribution in [0, 0.1) is 0 Å². The number of hydrogen-bond acceptors (Lipinski definition) is 3. The van der Waals surface area contributed by atoms with Crippen LogP contribution < -0.4 is 11.1 Å². The van der Waals surface area contributed by atoms with Gasteiger partial charge in [-0.05, 0) is 31.4 Å². The van der Waals surface area contributed by atoms with E-state index in [1.54, 1.807) is 0 Å². The molecule has 0 aromatic heterocycles. The highest BCUT2D eigenvalue weighted by Crippen LogP contribution is 2.28. The first kappa shape index (κ1) is 14.8. The summed E-state index contributed by atoms with van der Waals surface area (Å²) in [7, 11) is 0. The van der Waals surface area contributed by atoms with Gasteiger partial charge >= 0.3 is 0 Å². The fraction of sp³-hybridized carbons (Fsp3) is 0.923. The van der Waals surface area contributed by atoms with Crippen LogP contribution in [0.3, 0.4) is 0 Å². The zero-order chi connectivity index (χ0) is 12.7. The van der Waals surface area contributed by atoms with E-state index in [-0.39, 0.29) is 11.9 Å². The van der Waals surface area contributed by atoms with E-state index in [2.05, 4.69) is 19.2 Å². The third kappa shape index (κ3) is 5.30. The number of thioether (sulfide) groups is 1. The molecule has 3 unspecified atom stereocenters. The van der Waals surface area contributed by atoms with Crippen molar-refractivity contribution in [3.63, 3.8) is 0 Å². The third-order valence-corrected chi connectivity index (χ3v) is 4.54. The lowest BCUT2D eigenvalue weighted by atomic mass is 9.94. The van der Waals surface area contributed by atoms with E-state index in [1.165, 1.54) is 18.6 Å². The van der Waals surface area contributed by atoms with Crippen LogP contribution in [0.2, 0.25) is 0 Å². The lowest BCUT2D eigenvalue weighted by molar-refractivity contribution is -0.123. The second-order valence-electron chi connectivity index (χ2n) is 4.84. The van der Waals surface area contributed by atoms with Crippen molar-refractivity contribution in [3.8, 4) is 0 Å². The van der Waals surface area contributed by atoms with Crippen LogP contribution in [0.25, 0.3) is 0 Å². The first-order chi connectivity index (χ1) is 8.17. The zero-order valence-electron chi connectivity index (χ0n) is 11.1. The summed E-state index contributed by atoms with van der Waals surface area (Å²) in [5.74, 6) is 1.21. The van der Waals surface area contributed by atoms with Crippen molar-refractivity contribution in [3.05, 3.63) is 0 Å². The molecule has 4 heteroatoms. The Morgan fingerprint density at radius 1 is 1.47 bits per heavy atom. The standard InChI is InChI=1S/C13H26N2OS/c1-3-6-12(14)13(16)15-10-7-5-8-11(9-10)17-4-2/h10-12H,3-9,14H2,1-2H3,(H,15,16).